The molecule has 3 aromatic carbocycles. The normalized spacial score (nSPS) is 11.9. The van der Waals surface area contributed by atoms with Crippen molar-refractivity contribution >= 4 is 27.3 Å². The van der Waals surface area contributed by atoms with Crippen LogP contribution < -0.4 is 19.5 Å². The van der Waals surface area contributed by atoms with Gasteiger partial charge in [0.1, 0.15) is 11.5 Å². The summed E-state index contributed by atoms with van der Waals surface area (Å²) in [7, 11) is -2.30. The summed E-state index contributed by atoms with van der Waals surface area (Å²) in [5.74, 6) is 0.797. The molecule has 0 aromatic heterocycles. The average molecular weight is 426 g/mol. The molecule has 3 aromatic rings. The number of benzene rings is 3. The van der Waals surface area contributed by atoms with Crippen LogP contribution in [0, 0.1) is 0 Å². The minimum Gasteiger partial charge on any atom is -0.497 e. The van der Waals surface area contributed by atoms with E-state index in [9.17, 15) is 13.2 Å². The molecule has 8 heteroatoms. The molecule has 156 valence electrons. The number of hydrogen-bond donors (Lipinski definition) is 2. The molecule has 0 aliphatic rings. The molecule has 30 heavy (non-hydrogen) atoms. The van der Waals surface area contributed by atoms with Gasteiger partial charge < -0.3 is 14.8 Å². The van der Waals surface area contributed by atoms with Crippen LogP contribution in [0.15, 0.2) is 83.8 Å². The van der Waals surface area contributed by atoms with Crippen LogP contribution in [0.25, 0.3) is 0 Å². The topological polar surface area (TPSA) is 93.7 Å². The minimum absolute atomic E-state index is 0.0211. The van der Waals surface area contributed by atoms with Gasteiger partial charge in [-0.2, -0.15) is 0 Å². The van der Waals surface area contributed by atoms with Crippen LogP contribution in [-0.2, 0) is 14.8 Å². The first kappa shape index (κ1) is 21.2. The molecule has 0 spiro atoms. The van der Waals surface area contributed by atoms with Gasteiger partial charge in [-0.05, 0) is 61.5 Å². The summed E-state index contributed by atoms with van der Waals surface area (Å²) in [6.45, 7) is 1.62. The van der Waals surface area contributed by atoms with Gasteiger partial charge in [-0.3, -0.25) is 9.52 Å². The molecule has 7 nitrogen and oxygen atoms in total. The Morgan fingerprint density at radius 1 is 0.867 bits per heavy atom. The highest BCUT2D eigenvalue weighted by atomic mass is 32.2. The molecule has 0 aliphatic heterocycles. The average Bonchev–Trinajstić information content (AvgIpc) is 2.75. The Morgan fingerprint density at radius 3 is 2.23 bits per heavy atom. The molecular formula is C22H22N2O5S. The molecular weight excluding hydrogens is 404 g/mol. The number of hydrogen-bond acceptors (Lipinski definition) is 5. The van der Waals surface area contributed by atoms with Gasteiger partial charge in [-0.25, -0.2) is 8.42 Å². The van der Waals surface area contributed by atoms with Gasteiger partial charge in [0.25, 0.3) is 15.9 Å². The van der Waals surface area contributed by atoms with Crippen LogP contribution >= 0.6 is 0 Å². The van der Waals surface area contributed by atoms with Gasteiger partial charge in [0, 0.05) is 11.4 Å². The first-order chi connectivity index (χ1) is 14.4. The number of carbonyl (C=O) groups excluding carboxylic acids is 1. The maximum atomic E-state index is 12.7. The lowest BCUT2D eigenvalue weighted by molar-refractivity contribution is -0.122. The highest BCUT2D eigenvalue weighted by Crippen LogP contribution is 2.21. The second-order valence-corrected chi connectivity index (χ2v) is 8.11. The number of nitrogens with one attached hydrogen (secondary N) is 2. The summed E-state index contributed by atoms with van der Waals surface area (Å²) in [4.78, 5) is 12.4. The first-order valence-electron chi connectivity index (χ1n) is 9.17. The molecule has 0 heterocycles. The van der Waals surface area contributed by atoms with Crippen molar-refractivity contribution in [1.82, 2.24) is 0 Å². The number of carbonyl (C=O) groups is 1. The zero-order chi connectivity index (χ0) is 21.6. The van der Waals surface area contributed by atoms with Crippen molar-refractivity contribution in [3.63, 3.8) is 0 Å². The molecule has 1 atom stereocenters. The number of methoxy groups -OCH3 is 1. The Balaban J connectivity index is 1.69. The molecule has 1 unspecified atom stereocenters. The predicted octanol–water partition coefficient (Wildman–Crippen LogP) is 3.90. The maximum Gasteiger partial charge on any atom is 0.265 e. The summed E-state index contributed by atoms with van der Waals surface area (Å²) >= 11 is 0. The number of amides is 1. The van der Waals surface area contributed by atoms with Gasteiger partial charge in [0.15, 0.2) is 6.10 Å². The van der Waals surface area contributed by atoms with Crippen molar-refractivity contribution in [3.05, 3.63) is 78.9 Å². The number of anilines is 2. The third kappa shape index (κ3) is 5.51. The summed E-state index contributed by atoms with van der Waals surface area (Å²) in [6.07, 6.45) is -0.759. The third-order valence-electron chi connectivity index (χ3n) is 4.18. The van der Waals surface area contributed by atoms with Crippen molar-refractivity contribution < 1.29 is 22.7 Å². The van der Waals surface area contributed by atoms with Crippen molar-refractivity contribution in [2.45, 2.75) is 17.9 Å². The number of sulfonamides is 1. The molecule has 0 radical (unpaired) electrons. The van der Waals surface area contributed by atoms with E-state index < -0.39 is 22.0 Å². The fourth-order valence-corrected chi connectivity index (χ4v) is 3.72. The predicted molar refractivity (Wildman–Crippen MR) is 115 cm³/mol. The van der Waals surface area contributed by atoms with E-state index >= 15 is 0 Å². The van der Waals surface area contributed by atoms with Crippen molar-refractivity contribution in [2.24, 2.45) is 0 Å². The van der Waals surface area contributed by atoms with Crippen molar-refractivity contribution in [2.75, 3.05) is 17.1 Å². The van der Waals surface area contributed by atoms with E-state index in [-0.39, 0.29) is 4.90 Å². The van der Waals surface area contributed by atoms with E-state index in [2.05, 4.69) is 10.0 Å². The molecule has 0 saturated carbocycles. The maximum absolute atomic E-state index is 12.7. The van der Waals surface area contributed by atoms with E-state index in [0.29, 0.717) is 22.9 Å². The highest BCUT2D eigenvalue weighted by molar-refractivity contribution is 7.92. The number of ether oxygens (including phenoxy) is 2. The lowest BCUT2D eigenvalue weighted by Gasteiger charge is -2.15. The quantitative estimate of drug-likeness (QED) is 0.570. The molecule has 0 aliphatic carbocycles. The molecule has 0 saturated heterocycles. The van der Waals surface area contributed by atoms with Crippen molar-refractivity contribution in [3.8, 4) is 11.5 Å². The summed E-state index contributed by atoms with van der Waals surface area (Å²) < 4.78 is 38.5. The Bertz CT molecular complexity index is 1100. The molecule has 0 fully saturated rings. The zero-order valence-electron chi connectivity index (χ0n) is 16.5. The van der Waals surface area contributed by atoms with Crippen LogP contribution in [0.1, 0.15) is 6.92 Å². The molecule has 0 bridgehead atoms. The molecule has 1 amide bonds. The monoisotopic (exact) mass is 426 g/mol. The summed E-state index contributed by atoms with van der Waals surface area (Å²) in [5, 5.41) is 2.68. The van der Waals surface area contributed by atoms with Gasteiger partial charge >= 0.3 is 0 Å². The van der Waals surface area contributed by atoms with Gasteiger partial charge in [0.2, 0.25) is 0 Å². The zero-order valence-corrected chi connectivity index (χ0v) is 17.3. The van der Waals surface area contributed by atoms with E-state index in [1.165, 1.54) is 19.2 Å². The minimum atomic E-state index is -3.83. The van der Waals surface area contributed by atoms with Crippen LogP contribution in [0.2, 0.25) is 0 Å². The largest absolute Gasteiger partial charge is 0.497 e. The lowest BCUT2D eigenvalue weighted by Crippen LogP contribution is -2.30. The van der Waals surface area contributed by atoms with Gasteiger partial charge in [0.05, 0.1) is 12.0 Å². The second-order valence-electron chi connectivity index (χ2n) is 6.42. The van der Waals surface area contributed by atoms with Crippen LogP contribution in [0.4, 0.5) is 11.4 Å². The van der Waals surface area contributed by atoms with Gasteiger partial charge in [-0.15, -0.1) is 0 Å². The number of para-hydroxylation sites is 1. The Morgan fingerprint density at radius 2 is 1.57 bits per heavy atom. The van der Waals surface area contributed by atoms with Gasteiger partial charge in [-0.1, -0.05) is 24.3 Å². The van der Waals surface area contributed by atoms with E-state index in [1.54, 1.807) is 55.5 Å². The lowest BCUT2D eigenvalue weighted by atomic mass is 10.3. The fourth-order valence-electron chi connectivity index (χ4n) is 2.61. The second kappa shape index (κ2) is 9.32. The standard InChI is InChI=1S/C22H22N2O5S/c1-16(29-20-8-4-3-5-9-20)22(25)23-18-7-6-10-21(15-18)30(26,27)24-17-11-13-19(28-2)14-12-17/h3-16,24H,1-2H3,(H,23,25). The van der Waals surface area contributed by atoms with Crippen LogP contribution in [-0.4, -0.2) is 27.5 Å². The SMILES string of the molecule is COc1ccc(NS(=O)(=O)c2cccc(NC(=O)C(C)Oc3ccccc3)c2)cc1. The Labute approximate surface area is 175 Å². The smallest absolute Gasteiger partial charge is 0.265 e. The molecule has 3 rings (SSSR count). The van der Waals surface area contributed by atoms with E-state index in [4.69, 9.17) is 9.47 Å². The summed E-state index contributed by atoms with van der Waals surface area (Å²) in [5.41, 5.74) is 0.747. The fraction of sp³-hybridized carbons (Fsp3) is 0.136. The third-order valence-corrected chi connectivity index (χ3v) is 5.56. The molecule has 2 N–H and O–H groups in total. The number of rotatable bonds is 8. The Hall–Kier alpha value is -3.52. The van der Waals surface area contributed by atoms with E-state index in [0.717, 1.165) is 0 Å². The first-order valence-corrected chi connectivity index (χ1v) is 10.7. The van der Waals surface area contributed by atoms with Crippen molar-refractivity contribution in [1.29, 1.82) is 0 Å². The summed E-state index contributed by atoms with van der Waals surface area (Å²) in [6, 6.07) is 21.5. The highest BCUT2D eigenvalue weighted by Gasteiger charge is 2.18. The van der Waals surface area contributed by atoms with E-state index in [1.807, 2.05) is 18.2 Å². The van der Waals surface area contributed by atoms with Crippen LogP contribution in [0.5, 0.6) is 11.5 Å². The Kier molecular flexibility index (Phi) is 6.58. The van der Waals surface area contributed by atoms with Crippen LogP contribution in [0.3, 0.4) is 0 Å².